The van der Waals surface area contributed by atoms with Crippen LogP contribution in [-0.4, -0.2) is 18.0 Å². The lowest BCUT2D eigenvalue weighted by atomic mass is 10.0. The van der Waals surface area contributed by atoms with Gasteiger partial charge in [-0.15, -0.1) is 0 Å². The van der Waals surface area contributed by atoms with Crippen molar-refractivity contribution in [2.75, 3.05) is 7.05 Å². The highest BCUT2D eigenvalue weighted by Crippen LogP contribution is 2.23. The van der Waals surface area contributed by atoms with Crippen molar-refractivity contribution >= 4 is 28.3 Å². The zero-order valence-corrected chi connectivity index (χ0v) is 12.2. The predicted molar refractivity (Wildman–Crippen MR) is 77.3 cm³/mol. The first-order chi connectivity index (χ1) is 8.08. The van der Waals surface area contributed by atoms with E-state index in [1.165, 1.54) is 0 Å². The fourth-order valence-corrected chi connectivity index (χ4v) is 2.32. The van der Waals surface area contributed by atoms with Crippen molar-refractivity contribution < 1.29 is 4.92 Å². The molecule has 1 N–H and O–H groups in total. The Morgan fingerprint density at radius 2 is 2.24 bits per heavy atom. The minimum atomic E-state index is -0.295. The first-order valence-corrected chi connectivity index (χ1v) is 6.76. The second-order valence-electron chi connectivity index (χ2n) is 4.01. The number of hydrogen-bond acceptors (Lipinski definition) is 3. The lowest BCUT2D eigenvalue weighted by molar-refractivity contribution is -0.385. The van der Waals surface area contributed by atoms with Gasteiger partial charge in [-0.1, -0.05) is 19.4 Å². The molecular weight excluding hydrogens is 331 g/mol. The fourth-order valence-electron chi connectivity index (χ4n) is 1.84. The van der Waals surface area contributed by atoms with E-state index in [1.54, 1.807) is 6.07 Å². The summed E-state index contributed by atoms with van der Waals surface area (Å²) in [7, 11) is 1.90. The van der Waals surface area contributed by atoms with Crippen LogP contribution in [0.1, 0.15) is 25.3 Å². The first kappa shape index (κ1) is 14.4. The molecule has 17 heavy (non-hydrogen) atoms. The van der Waals surface area contributed by atoms with Crippen molar-refractivity contribution in [3.05, 3.63) is 37.4 Å². The first-order valence-electron chi connectivity index (χ1n) is 5.68. The second kappa shape index (κ2) is 6.90. The van der Waals surface area contributed by atoms with Gasteiger partial charge in [0, 0.05) is 21.2 Å². The Morgan fingerprint density at radius 1 is 1.53 bits per heavy atom. The van der Waals surface area contributed by atoms with Gasteiger partial charge in [-0.3, -0.25) is 10.1 Å². The summed E-state index contributed by atoms with van der Waals surface area (Å²) >= 11 is 2.10. The molecule has 0 saturated carbocycles. The molecule has 0 aliphatic rings. The van der Waals surface area contributed by atoms with Gasteiger partial charge in [0.05, 0.1) is 4.92 Å². The topological polar surface area (TPSA) is 55.2 Å². The summed E-state index contributed by atoms with van der Waals surface area (Å²) in [6.45, 7) is 2.12. The molecule has 94 valence electrons. The number of hydrogen-bond donors (Lipinski definition) is 1. The van der Waals surface area contributed by atoms with Gasteiger partial charge >= 0.3 is 0 Å². The Hall–Kier alpha value is -0.690. The van der Waals surface area contributed by atoms with Gasteiger partial charge in [-0.25, -0.2) is 0 Å². The molecule has 0 amide bonds. The van der Waals surface area contributed by atoms with Crippen molar-refractivity contribution in [2.45, 2.75) is 32.2 Å². The van der Waals surface area contributed by atoms with Crippen molar-refractivity contribution in [3.63, 3.8) is 0 Å². The summed E-state index contributed by atoms with van der Waals surface area (Å²) in [5.41, 5.74) is 1.04. The maximum Gasteiger partial charge on any atom is 0.273 e. The number of benzene rings is 1. The van der Waals surface area contributed by atoms with Gasteiger partial charge in [0.15, 0.2) is 0 Å². The molecule has 0 radical (unpaired) electrons. The molecule has 5 heteroatoms. The van der Waals surface area contributed by atoms with Gasteiger partial charge in [0.1, 0.15) is 0 Å². The fraction of sp³-hybridized carbons (Fsp3) is 0.500. The van der Waals surface area contributed by atoms with Crippen LogP contribution in [-0.2, 0) is 6.42 Å². The van der Waals surface area contributed by atoms with Crippen LogP contribution < -0.4 is 5.32 Å². The Labute approximate surface area is 115 Å². The molecule has 1 aromatic carbocycles. The second-order valence-corrected chi connectivity index (χ2v) is 5.25. The normalized spacial score (nSPS) is 12.4. The summed E-state index contributed by atoms with van der Waals surface area (Å²) in [6.07, 6.45) is 2.81. The van der Waals surface area contributed by atoms with Gasteiger partial charge in [0.2, 0.25) is 0 Å². The Morgan fingerprint density at radius 3 is 2.76 bits per heavy atom. The van der Waals surface area contributed by atoms with Crippen molar-refractivity contribution in [3.8, 4) is 0 Å². The molecule has 1 atom stereocenters. The minimum absolute atomic E-state index is 0.230. The molecule has 0 spiro atoms. The minimum Gasteiger partial charge on any atom is -0.317 e. The van der Waals surface area contributed by atoms with Gasteiger partial charge in [-0.05, 0) is 48.5 Å². The maximum absolute atomic E-state index is 11.0. The average molecular weight is 348 g/mol. The van der Waals surface area contributed by atoms with E-state index in [4.69, 9.17) is 0 Å². The van der Waals surface area contributed by atoms with Crippen LogP contribution in [0.3, 0.4) is 0 Å². The number of halogens is 1. The lowest BCUT2D eigenvalue weighted by Crippen LogP contribution is -2.27. The smallest absolute Gasteiger partial charge is 0.273 e. The zero-order chi connectivity index (χ0) is 12.8. The van der Waals surface area contributed by atoms with Crippen LogP contribution in [0.5, 0.6) is 0 Å². The maximum atomic E-state index is 11.0. The van der Waals surface area contributed by atoms with Gasteiger partial charge in [-0.2, -0.15) is 0 Å². The van der Waals surface area contributed by atoms with E-state index in [0.29, 0.717) is 12.5 Å². The average Bonchev–Trinajstić information content (AvgIpc) is 2.30. The number of nitro benzene ring substituents is 1. The van der Waals surface area contributed by atoms with E-state index in [2.05, 4.69) is 34.8 Å². The molecule has 0 saturated heterocycles. The van der Waals surface area contributed by atoms with Gasteiger partial charge in [0.25, 0.3) is 5.69 Å². The third-order valence-electron chi connectivity index (χ3n) is 2.76. The summed E-state index contributed by atoms with van der Waals surface area (Å²) in [4.78, 5) is 10.7. The Balaban J connectivity index is 2.92. The predicted octanol–water partition coefficient (Wildman–Crippen LogP) is 3.13. The SMILES string of the molecule is CCCC(Cc1ccc(I)cc1[N+](=O)[O-])NC. The van der Waals surface area contributed by atoms with Crippen LogP contribution in [0, 0.1) is 13.7 Å². The summed E-state index contributed by atoms with van der Waals surface area (Å²) in [5, 5.41) is 14.2. The highest BCUT2D eigenvalue weighted by molar-refractivity contribution is 14.1. The molecule has 1 unspecified atom stereocenters. The largest absolute Gasteiger partial charge is 0.317 e. The molecule has 0 aliphatic carbocycles. The molecule has 0 aliphatic heterocycles. The highest BCUT2D eigenvalue weighted by atomic mass is 127. The third-order valence-corrected chi connectivity index (χ3v) is 3.43. The van der Waals surface area contributed by atoms with E-state index >= 15 is 0 Å². The van der Waals surface area contributed by atoms with E-state index < -0.39 is 0 Å². The van der Waals surface area contributed by atoms with E-state index in [0.717, 1.165) is 22.0 Å². The third kappa shape index (κ3) is 4.23. The molecule has 0 aromatic heterocycles. The van der Waals surface area contributed by atoms with E-state index in [1.807, 2.05) is 19.2 Å². The summed E-state index contributed by atoms with van der Waals surface area (Å²) < 4.78 is 0.898. The number of nitro groups is 1. The quantitative estimate of drug-likeness (QED) is 0.488. The van der Waals surface area contributed by atoms with Crippen LogP contribution in [0.15, 0.2) is 18.2 Å². The molecule has 4 nitrogen and oxygen atoms in total. The number of likely N-dealkylation sites (N-methyl/N-ethyl adjacent to an activating group) is 1. The van der Waals surface area contributed by atoms with E-state index in [-0.39, 0.29) is 10.6 Å². The van der Waals surface area contributed by atoms with Crippen molar-refractivity contribution in [2.24, 2.45) is 0 Å². The Kier molecular flexibility index (Phi) is 5.84. The number of rotatable bonds is 6. The van der Waals surface area contributed by atoms with Crippen molar-refractivity contribution in [1.29, 1.82) is 0 Å². The number of nitrogens with one attached hydrogen (secondary N) is 1. The standard InChI is InChI=1S/C12H17IN2O2/c1-3-4-11(14-2)7-9-5-6-10(13)8-12(9)15(16)17/h5-6,8,11,14H,3-4,7H2,1-2H3. The zero-order valence-electron chi connectivity index (χ0n) is 10.1. The van der Waals surface area contributed by atoms with Crippen LogP contribution in [0.4, 0.5) is 5.69 Å². The lowest BCUT2D eigenvalue weighted by Gasteiger charge is -2.15. The van der Waals surface area contributed by atoms with Crippen molar-refractivity contribution in [1.82, 2.24) is 5.32 Å². The number of nitrogens with zero attached hydrogens (tertiary/aromatic N) is 1. The molecule has 0 fully saturated rings. The van der Waals surface area contributed by atoms with E-state index in [9.17, 15) is 10.1 Å². The van der Waals surface area contributed by atoms with Crippen LogP contribution >= 0.6 is 22.6 Å². The molecule has 1 rings (SSSR count). The molecule has 0 heterocycles. The van der Waals surface area contributed by atoms with Crippen LogP contribution in [0.25, 0.3) is 0 Å². The summed E-state index contributed by atoms with van der Waals surface area (Å²) in [5.74, 6) is 0. The molecule has 1 aromatic rings. The summed E-state index contributed by atoms with van der Waals surface area (Å²) in [6, 6.07) is 5.72. The van der Waals surface area contributed by atoms with Crippen LogP contribution in [0.2, 0.25) is 0 Å². The Bertz CT molecular complexity index is 396. The van der Waals surface area contributed by atoms with Gasteiger partial charge < -0.3 is 5.32 Å². The monoisotopic (exact) mass is 348 g/mol. The highest BCUT2D eigenvalue weighted by Gasteiger charge is 2.17. The molecular formula is C12H17IN2O2. The molecule has 0 bridgehead atoms.